The Morgan fingerprint density at radius 2 is 2.24 bits per heavy atom. The summed E-state index contributed by atoms with van der Waals surface area (Å²) in [7, 11) is 0. The molecular formula is C12H15N3O2. The van der Waals surface area contributed by atoms with Gasteiger partial charge in [-0.2, -0.15) is 4.98 Å². The maximum absolute atomic E-state index is 5.21. The van der Waals surface area contributed by atoms with Crippen LogP contribution in [0.15, 0.2) is 27.5 Å². The summed E-state index contributed by atoms with van der Waals surface area (Å²) < 4.78 is 10.2. The van der Waals surface area contributed by atoms with Gasteiger partial charge in [0.15, 0.2) is 5.82 Å². The van der Waals surface area contributed by atoms with E-state index in [0.717, 1.165) is 30.9 Å². The quantitative estimate of drug-likeness (QED) is 0.876. The van der Waals surface area contributed by atoms with Gasteiger partial charge >= 0.3 is 0 Å². The Bertz CT molecular complexity index is 458. The Morgan fingerprint density at radius 1 is 1.35 bits per heavy atom. The Kier molecular flexibility index (Phi) is 2.92. The molecule has 0 atom stereocenters. The molecule has 3 rings (SSSR count). The molecule has 5 nitrogen and oxygen atoms in total. The topological polar surface area (TPSA) is 64.1 Å². The zero-order valence-electron chi connectivity index (χ0n) is 9.56. The minimum Gasteiger partial charge on any atom is -0.472 e. The third kappa shape index (κ3) is 2.39. The van der Waals surface area contributed by atoms with Gasteiger partial charge < -0.3 is 14.3 Å². The number of hydrogen-bond acceptors (Lipinski definition) is 5. The minimum absolute atomic E-state index is 0.544. The molecule has 0 unspecified atom stereocenters. The van der Waals surface area contributed by atoms with E-state index in [2.05, 4.69) is 15.5 Å². The fourth-order valence-electron chi connectivity index (χ4n) is 2.18. The molecule has 1 N–H and O–H groups in total. The highest BCUT2D eigenvalue weighted by Crippen LogP contribution is 2.20. The number of piperidine rings is 1. The van der Waals surface area contributed by atoms with Crippen LogP contribution in [0, 0.1) is 5.92 Å². The van der Waals surface area contributed by atoms with Crippen LogP contribution in [0.25, 0.3) is 11.5 Å². The van der Waals surface area contributed by atoms with E-state index >= 15 is 0 Å². The third-order valence-corrected chi connectivity index (χ3v) is 3.17. The Morgan fingerprint density at radius 3 is 3.00 bits per heavy atom. The largest absolute Gasteiger partial charge is 0.472 e. The number of aromatic nitrogens is 2. The van der Waals surface area contributed by atoms with Crippen LogP contribution in [0.4, 0.5) is 0 Å². The van der Waals surface area contributed by atoms with Crippen LogP contribution in [-0.2, 0) is 6.42 Å². The van der Waals surface area contributed by atoms with E-state index in [1.807, 2.05) is 6.07 Å². The maximum Gasteiger partial charge on any atom is 0.261 e. The first kappa shape index (κ1) is 10.5. The zero-order valence-corrected chi connectivity index (χ0v) is 9.56. The smallest absolute Gasteiger partial charge is 0.261 e. The van der Waals surface area contributed by atoms with E-state index in [1.54, 1.807) is 12.5 Å². The van der Waals surface area contributed by atoms with E-state index in [1.165, 1.54) is 12.8 Å². The summed E-state index contributed by atoms with van der Waals surface area (Å²) in [6, 6.07) is 1.82. The molecule has 0 amide bonds. The Hall–Kier alpha value is -1.62. The second-order valence-corrected chi connectivity index (χ2v) is 4.43. The normalized spacial score (nSPS) is 17.4. The molecule has 2 aromatic heterocycles. The Labute approximate surface area is 99.2 Å². The number of hydrogen-bond donors (Lipinski definition) is 1. The molecule has 2 aromatic rings. The predicted molar refractivity (Wildman–Crippen MR) is 61.3 cm³/mol. The summed E-state index contributed by atoms with van der Waals surface area (Å²) >= 11 is 0. The molecular weight excluding hydrogens is 218 g/mol. The molecule has 0 radical (unpaired) electrons. The lowest BCUT2D eigenvalue weighted by Gasteiger charge is -2.20. The average Bonchev–Trinajstić information content (AvgIpc) is 3.00. The molecule has 0 saturated carbocycles. The van der Waals surface area contributed by atoms with Crippen molar-refractivity contribution in [1.29, 1.82) is 0 Å². The number of nitrogens with one attached hydrogen (secondary N) is 1. The van der Waals surface area contributed by atoms with Crippen LogP contribution in [0.5, 0.6) is 0 Å². The lowest BCUT2D eigenvalue weighted by molar-refractivity contribution is 0.356. The van der Waals surface area contributed by atoms with Crippen LogP contribution in [0.2, 0.25) is 0 Å². The first-order valence-corrected chi connectivity index (χ1v) is 5.98. The van der Waals surface area contributed by atoms with Crippen LogP contribution < -0.4 is 5.32 Å². The highest BCUT2D eigenvalue weighted by Gasteiger charge is 2.17. The van der Waals surface area contributed by atoms with Crippen molar-refractivity contribution in [2.45, 2.75) is 19.3 Å². The fraction of sp³-hybridized carbons (Fsp3) is 0.500. The molecule has 1 aliphatic rings. The first-order chi connectivity index (χ1) is 8.42. The van der Waals surface area contributed by atoms with Gasteiger partial charge in [0.1, 0.15) is 6.26 Å². The van der Waals surface area contributed by atoms with Gasteiger partial charge in [0.2, 0.25) is 0 Å². The van der Waals surface area contributed by atoms with Crippen LogP contribution >= 0.6 is 0 Å². The number of furan rings is 1. The van der Waals surface area contributed by atoms with E-state index < -0.39 is 0 Å². The second-order valence-electron chi connectivity index (χ2n) is 4.43. The summed E-state index contributed by atoms with van der Waals surface area (Å²) in [5.74, 6) is 2.02. The average molecular weight is 233 g/mol. The number of rotatable bonds is 3. The van der Waals surface area contributed by atoms with Crippen molar-refractivity contribution in [3.8, 4) is 11.5 Å². The standard InChI is InChI=1S/C12H15N3O2/c1-4-13-5-2-9(1)7-11-14-12(17-15-11)10-3-6-16-8-10/h3,6,8-9,13H,1-2,4-5,7H2. The minimum atomic E-state index is 0.544. The molecule has 1 saturated heterocycles. The van der Waals surface area contributed by atoms with Crippen molar-refractivity contribution in [1.82, 2.24) is 15.5 Å². The maximum atomic E-state index is 5.21. The van der Waals surface area contributed by atoms with Crippen molar-refractivity contribution in [3.05, 3.63) is 24.4 Å². The highest BCUT2D eigenvalue weighted by atomic mass is 16.5. The molecule has 90 valence electrons. The van der Waals surface area contributed by atoms with Crippen molar-refractivity contribution in [2.24, 2.45) is 5.92 Å². The van der Waals surface area contributed by atoms with E-state index in [4.69, 9.17) is 8.94 Å². The molecule has 0 aromatic carbocycles. The highest BCUT2D eigenvalue weighted by molar-refractivity contribution is 5.49. The summed E-state index contributed by atoms with van der Waals surface area (Å²) in [4.78, 5) is 4.39. The van der Waals surface area contributed by atoms with Crippen LogP contribution in [-0.4, -0.2) is 23.2 Å². The summed E-state index contributed by atoms with van der Waals surface area (Å²) in [6.07, 6.45) is 6.50. The Balaban J connectivity index is 1.68. The van der Waals surface area contributed by atoms with Gasteiger partial charge in [0.25, 0.3) is 5.89 Å². The summed E-state index contributed by atoms with van der Waals surface area (Å²) in [5.41, 5.74) is 0.842. The predicted octanol–water partition coefficient (Wildman–Crippen LogP) is 1.87. The van der Waals surface area contributed by atoms with Crippen LogP contribution in [0.1, 0.15) is 18.7 Å². The lowest BCUT2D eigenvalue weighted by atomic mass is 9.94. The molecule has 0 bridgehead atoms. The van der Waals surface area contributed by atoms with E-state index in [0.29, 0.717) is 11.8 Å². The fourth-order valence-corrected chi connectivity index (χ4v) is 2.18. The van der Waals surface area contributed by atoms with Crippen LogP contribution in [0.3, 0.4) is 0 Å². The van der Waals surface area contributed by atoms with Crippen molar-refractivity contribution >= 4 is 0 Å². The summed E-state index contributed by atoms with van der Waals surface area (Å²) in [5, 5.41) is 7.37. The van der Waals surface area contributed by atoms with Crippen molar-refractivity contribution < 1.29 is 8.94 Å². The first-order valence-electron chi connectivity index (χ1n) is 5.98. The molecule has 0 aliphatic carbocycles. The van der Waals surface area contributed by atoms with Crippen molar-refractivity contribution in [3.63, 3.8) is 0 Å². The molecule has 3 heterocycles. The van der Waals surface area contributed by atoms with Gasteiger partial charge in [-0.15, -0.1) is 0 Å². The SMILES string of the molecule is c1cc(-c2nc(CC3CCNCC3)no2)co1. The lowest BCUT2D eigenvalue weighted by Crippen LogP contribution is -2.28. The van der Waals surface area contributed by atoms with Gasteiger partial charge in [0, 0.05) is 6.42 Å². The van der Waals surface area contributed by atoms with Gasteiger partial charge in [-0.3, -0.25) is 0 Å². The van der Waals surface area contributed by atoms with Gasteiger partial charge in [-0.1, -0.05) is 5.16 Å². The number of nitrogens with zero attached hydrogens (tertiary/aromatic N) is 2. The van der Waals surface area contributed by atoms with Crippen molar-refractivity contribution in [2.75, 3.05) is 13.1 Å². The molecule has 0 spiro atoms. The third-order valence-electron chi connectivity index (χ3n) is 3.17. The molecule has 5 heteroatoms. The van der Waals surface area contributed by atoms with Gasteiger partial charge in [-0.25, -0.2) is 0 Å². The van der Waals surface area contributed by atoms with E-state index in [9.17, 15) is 0 Å². The molecule has 1 fully saturated rings. The van der Waals surface area contributed by atoms with E-state index in [-0.39, 0.29) is 0 Å². The monoisotopic (exact) mass is 233 g/mol. The molecule has 1 aliphatic heterocycles. The second kappa shape index (κ2) is 4.71. The summed E-state index contributed by atoms with van der Waals surface area (Å²) in [6.45, 7) is 2.19. The van der Waals surface area contributed by atoms with Gasteiger partial charge in [0.05, 0.1) is 11.8 Å². The van der Waals surface area contributed by atoms with Gasteiger partial charge in [-0.05, 0) is 37.9 Å². The molecule has 17 heavy (non-hydrogen) atoms. The zero-order chi connectivity index (χ0) is 11.5.